The minimum Gasteiger partial charge on any atom is -0.478 e. The highest BCUT2D eigenvalue weighted by Gasteiger charge is 2.37. The Hall–Kier alpha value is -5.64. The van der Waals surface area contributed by atoms with E-state index in [4.69, 9.17) is 18.9 Å². The van der Waals surface area contributed by atoms with E-state index in [1.807, 2.05) is 36.4 Å². The van der Waals surface area contributed by atoms with Gasteiger partial charge in [-0.05, 0) is 71.8 Å². The number of carbonyl (C=O) groups excluding carboxylic acids is 2. The van der Waals surface area contributed by atoms with Gasteiger partial charge in [0.25, 0.3) is 11.8 Å². The number of carboxylic acids is 1. The predicted octanol–water partition coefficient (Wildman–Crippen LogP) is 5.43. The number of hydrogen-bond acceptors (Lipinski definition) is 8. The lowest BCUT2D eigenvalue weighted by atomic mass is 10.0. The van der Waals surface area contributed by atoms with E-state index < -0.39 is 17.8 Å². The van der Waals surface area contributed by atoms with Crippen molar-refractivity contribution in [2.75, 3.05) is 24.1 Å². The van der Waals surface area contributed by atoms with Crippen molar-refractivity contribution in [1.82, 2.24) is 4.98 Å². The van der Waals surface area contributed by atoms with Gasteiger partial charge in [0, 0.05) is 12.7 Å². The number of amides is 2. The van der Waals surface area contributed by atoms with Gasteiger partial charge < -0.3 is 24.3 Å². The Morgan fingerprint density at radius 2 is 1.62 bits per heavy atom. The maximum Gasteiger partial charge on any atom is 0.335 e. The summed E-state index contributed by atoms with van der Waals surface area (Å²) >= 11 is 0. The molecule has 0 saturated heterocycles. The van der Waals surface area contributed by atoms with Crippen LogP contribution in [-0.2, 0) is 0 Å². The molecule has 0 fully saturated rings. The molecule has 40 heavy (non-hydrogen) atoms. The smallest absolute Gasteiger partial charge is 0.335 e. The van der Waals surface area contributed by atoms with Crippen LogP contribution in [0.15, 0.2) is 77.2 Å². The Morgan fingerprint density at radius 1 is 0.850 bits per heavy atom. The Bertz CT molecular complexity index is 1910. The average Bonchev–Trinajstić information content (AvgIpc) is 3.68. The molecule has 4 aromatic carbocycles. The molecule has 1 aromatic heterocycles. The normalized spacial score (nSPS) is 13.7. The number of ether oxygens (including phenoxy) is 2. The summed E-state index contributed by atoms with van der Waals surface area (Å²) in [6.07, 6.45) is 0. The van der Waals surface area contributed by atoms with Crippen LogP contribution in [0, 0.1) is 0 Å². The third-order valence-corrected chi connectivity index (χ3v) is 6.99. The molecule has 0 unspecified atom stereocenters. The number of oxazole rings is 1. The summed E-state index contributed by atoms with van der Waals surface area (Å²) in [6, 6.07) is 20.3. The topological polar surface area (TPSA) is 131 Å². The number of anilines is 2. The Labute approximate surface area is 226 Å². The summed E-state index contributed by atoms with van der Waals surface area (Å²) in [5, 5.41) is 12.4. The van der Waals surface area contributed by atoms with Crippen LogP contribution in [0.25, 0.3) is 33.7 Å². The summed E-state index contributed by atoms with van der Waals surface area (Å²) in [4.78, 5) is 43.5. The number of imide groups is 1. The van der Waals surface area contributed by atoms with Crippen LogP contribution in [-0.4, -0.2) is 41.7 Å². The van der Waals surface area contributed by atoms with Crippen molar-refractivity contribution in [3.63, 3.8) is 0 Å². The maximum absolute atomic E-state index is 13.2. The Morgan fingerprint density at radius 3 is 2.45 bits per heavy atom. The highest BCUT2D eigenvalue weighted by atomic mass is 16.7. The van der Waals surface area contributed by atoms with Gasteiger partial charge in [-0.1, -0.05) is 12.1 Å². The summed E-state index contributed by atoms with van der Waals surface area (Å²) < 4.78 is 17.0. The molecular formula is C30H19N3O7. The van der Waals surface area contributed by atoms with Crippen LogP contribution < -0.4 is 19.7 Å². The first-order valence-electron chi connectivity index (χ1n) is 12.3. The first-order chi connectivity index (χ1) is 19.4. The molecular weight excluding hydrogens is 514 g/mol. The lowest BCUT2D eigenvalue weighted by Crippen LogP contribution is -2.29. The molecule has 7 rings (SSSR count). The molecule has 0 atom stereocenters. The quantitative estimate of drug-likeness (QED) is 0.284. The van der Waals surface area contributed by atoms with Gasteiger partial charge >= 0.3 is 5.97 Å². The van der Waals surface area contributed by atoms with E-state index in [-0.39, 0.29) is 23.5 Å². The van der Waals surface area contributed by atoms with Crippen molar-refractivity contribution in [3.8, 4) is 34.1 Å². The second-order valence-corrected chi connectivity index (χ2v) is 9.26. The van der Waals surface area contributed by atoms with Crippen molar-refractivity contribution in [3.05, 3.63) is 89.5 Å². The number of aromatic carboxylic acids is 1. The number of aromatic nitrogens is 1. The second-order valence-electron chi connectivity index (χ2n) is 9.26. The molecule has 0 radical (unpaired) electrons. The minimum absolute atomic E-state index is 0.0436. The van der Waals surface area contributed by atoms with Gasteiger partial charge in [-0.2, -0.15) is 0 Å². The van der Waals surface area contributed by atoms with Gasteiger partial charge in [-0.3, -0.25) is 9.59 Å². The fraction of sp³-hybridized carbons (Fsp3) is 0.0667. The number of rotatable bonds is 5. The zero-order valence-electron chi connectivity index (χ0n) is 20.9. The maximum atomic E-state index is 13.2. The summed E-state index contributed by atoms with van der Waals surface area (Å²) in [6.45, 7) is 0.196. The molecule has 2 amide bonds. The molecule has 0 saturated carbocycles. The second kappa shape index (κ2) is 8.70. The van der Waals surface area contributed by atoms with Gasteiger partial charge in [0.05, 0.1) is 27.9 Å². The Balaban J connectivity index is 1.27. The fourth-order valence-corrected chi connectivity index (χ4v) is 4.97. The van der Waals surface area contributed by atoms with E-state index in [9.17, 15) is 19.5 Å². The predicted molar refractivity (Wildman–Crippen MR) is 145 cm³/mol. The molecule has 0 bridgehead atoms. The van der Waals surface area contributed by atoms with Crippen LogP contribution in [0.2, 0.25) is 0 Å². The number of benzene rings is 4. The molecule has 2 aliphatic heterocycles. The SMILES string of the molecule is CNc1ccc(N2C(=O)c3ccc(C(=O)O)cc3C2=O)cc1-c1nc2cc(-c3ccc4c(c3)OCO4)ccc2o1. The number of carboxylic acid groups (broad SMARTS) is 1. The zero-order valence-corrected chi connectivity index (χ0v) is 20.9. The largest absolute Gasteiger partial charge is 0.478 e. The third kappa shape index (κ3) is 3.57. The summed E-state index contributed by atoms with van der Waals surface area (Å²) in [5.41, 5.74) is 4.69. The highest BCUT2D eigenvalue weighted by molar-refractivity contribution is 6.34. The lowest BCUT2D eigenvalue weighted by Gasteiger charge is -2.16. The Kier molecular flexibility index (Phi) is 5.11. The van der Waals surface area contributed by atoms with Crippen molar-refractivity contribution >= 4 is 40.3 Å². The van der Waals surface area contributed by atoms with Gasteiger partial charge in [-0.15, -0.1) is 0 Å². The molecule has 196 valence electrons. The average molecular weight is 533 g/mol. The minimum atomic E-state index is -1.18. The van der Waals surface area contributed by atoms with Crippen LogP contribution in [0.4, 0.5) is 11.4 Å². The summed E-state index contributed by atoms with van der Waals surface area (Å²) in [5.74, 6) is -0.633. The van der Waals surface area contributed by atoms with Crippen molar-refractivity contribution in [2.24, 2.45) is 0 Å². The lowest BCUT2D eigenvalue weighted by molar-refractivity contribution is 0.0696. The molecule has 10 heteroatoms. The van der Waals surface area contributed by atoms with Gasteiger partial charge in [-0.25, -0.2) is 14.7 Å². The number of nitrogens with one attached hydrogen (secondary N) is 1. The molecule has 0 spiro atoms. The van der Waals surface area contributed by atoms with Gasteiger partial charge in [0.2, 0.25) is 12.7 Å². The third-order valence-electron chi connectivity index (χ3n) is 6.99. The van der Waals surface area contributed by atoms with Crippen LogP contribution in [0.1, 0.15) is 31.1 Å². The van der Waals surface area contributed by atoms with E-state index in [0.29, 0.717) is 45.4 Å². The molecule has 10 nitrogen and oxygen atoms in total. The van der Waals surface area contributed by atoms with Crippen molar-refractivity contribution < 1.29 is 33.4 Å². The van der Waals surface area contributed by atoms with Crippen LogP contribution in [0.5, 0.6) is 11.5 Å². The van der Waals surface area contributed by atoms with E-state index in [1.54, 1.807) is 25.2 Å². The number of carbonyl (C=O) groups is 3. The van der Waals surface area contributed by atoms with Crippen LogP contribution >= 0.6 is 0 Å². The monoisotopic (exact) mass is 533 g/mol. The molecule has 3 heterocycles. The first-order valence-corrected chi connectivity index (χ1v) is 12.3. The fourth-order valence-electron chi connectivity index (χ4n) is 4.97. The summed E-state index contributed by atoms with van der Waals surface area (Å²) in [7, 11) is 1.74. The first kappa shape index (κ1) is 23.5. The van der Waals surface area contributed by atoms with Gasteiger partial charge in [0.15, 0.2) is 17.1 Å². The number of hydrogen-bond donors (Lipinski definition) is 2. The molecule has 0 aliphatic carbocycles. The highest BCUT2D eigenvalue weighted by Crippen LogP contribution is 2.39. The van der Waals surface area contributed by atoms with E-state index >= 15 is 0 Å². The molecule has 2 N–H and O–H groups in total. The standard InChI is InChI=1S/C30H19N3O7/c1-31-22-7-5-18(33-28(34)19-6-2-17(30(36)37)10-20(19)29(33)35)13-21(22)27-32-23-11-15(3-8-24(23)40-27)16-4-9-25-26(12-16)39-14-38-25/h2-13,31H,14H2,1H3,(H,36,37). The van der Waals surface area contributed by atoms with E-state index in [0.717, 1.165) is 16.0 Å². The van der Waals surface area contributed by atoms with Crippen molar-refractivity contribution in [2.45, 2.75) is 0 Å². The number of nitrogens with zero attached hydrogens (tertiary/aromatic N) is 2. The van der Waals surface area contributed by atoms with Crippen molar-refractivity contribution in [1.29, 1.82) is 0 Å². The van der Waals surface area contributed by atoms with E-state index in [1.165, 1.54) is 18.2 Å². The van der Waals surface area contributed by atoms with Crippen LogP contribution in [0.3, 0.4) is 0 Å². The van der Waals surface area contributed by atoms with E-state index in [2.05, 4.69) is 5.32 Å². The van der Waals surface area contributed by atoms with Gasteiger partial charge in [0.1, 0.15) is 5.52 Å². The molecule has 5 aromatic rings. The zero-order chi connectivity index (χ0) is 27.5. The number of fused-ring (bicyclic) bond motifs is 3. The molecule has 2 aliphatic rings.